The summed E-state index contributed by atoms with van der Waals surface area (Å²) in [6, 6.07) is 15.2. The average Bonchev–Trinajstić information content (AvgIpc) is 3.12. The monoisotopic (exact) mass is 469 g/mol. The molecule has 0 bridgehead atoms. The molecule has 0 atom stereocenters. The number of carbonyl (C=O) groups excluding carboxylic acids is 1. The minimum atomic E-state index is -3.47. The molecule has 33 heavy (non-hydrogen) atoms. The van der Waals surface area contributed by atoms with Gasteiger partial charge in [0.2, 0.25) is 15.9 Å². The van der Waals surface area contributed by atoms with E-state index in [2.05, 4.69) is 41.4 Å². The normalized spacial score (nSPS) is 19.2. The predicted octanol–water partition coefficient (Wildman–Crippen LogP) is 4.41. The Morgan fingerprint density at radius 3 is 2.09 bits per heavy atom. The molecule has 178 valence electrons. The van der Waals surface area contributed by atoms with Crippen molar-refractivity contribution in [1.82, 2.24) is 9.21 Å². The number of rotatable bonds is 6. The van der Waals surface area contributed by atoms with Crippen molar-refractivity contribution in [3.05, 3.63) is 59.7 Å². The zero-order valence-electron chi connectivity index (χ0n) is 19.5. The predicted molar refractivity (Wildman–Crippen MR) is 131 cm³/mol. The number of nitrogens with one attached hydrogen (secondary N) is 1. The molecule has 2 aromatic rings. The summed E-state index contributed by atoms with van der Waals surface area (Å²) in [5, 5.41) is 2.98. The Balaban J connectivity index is 1.28. The van der Waals surface area contributed by atoms with Crippen LogP contribution in [0.15, 0.2) is 53.4 Å². The van der Waals surface area contributed by atoms with Crippen LogP contribution >= 0.6 is 0 Å². The van der Waals surface area contributed by atoms with Crippen LogP contribution in [0, 0.1) is 12.8 Å². The first kappa shape index (κ1) is 23.9. The zero-order valence-corrected chi connectivity index (χ0v) is 20.3. The van der Waals surface area contributed by atoms with Gasteiger partial charge in [-0.2, -0.15) is 4.31 Å². The number of aryl methyl sites for hydroxylation is 1. The summed E-state index contributed by atoms with van der Waals surface area (Å²) < 4.78 is 27.5. The van der Waals surface area contributed by atoms with E-state index < -0.39 is 10.0 Å². The average molecular weight is 470 g/mol. The zero-order chi connectivity index (χ0) is 23.3. The molecule has 2 fully saturated rings. The molecule has 2 aliphatic rings. The molecule has 6 nitrogen and oxygen atoms in total. The molecule has 7 heteroatoms. The summed E-state index contributed by atoms with van der Waals surface area (Å²) in [7, 11) is -3.47. The first-order valence-corrected chi connectivity index (χ1v) is 13.5. The highest BCUT2D eigenvalue weighted by molar-refractivity contribution is 7.89. The van der Waals surface area contributed by atoms with Gasteiger partial charge in [-0.25, -0.2) is 8.42 Å². The van der Waals surface area contributed by atoms with Crippen molar-refractivity contribution in [2.45, 2.75) is 56.9 Å². The smallest absolute Gasteiger partial charge is 0.243 e. The van der Waals surface area contributed by atoms with Crippen molar-refractivity contribution in [1.29, 1.82) is 0 Å². The maximum Gasteiger partial charge on any atom is 0.243 e. The van der Waals surface area contributed by atoms with E-state index in [1.165, 1.54) is 11.1 Å². The molecule has 0 unspecified atom stereocenters. The molecule has 0 aromatic heterocycles. The Kier molecular flexibility index (Phi) is 7.83. The van der Waals surface area contributed by atoms with Gasteiger partial charge in [0.15, 0.2) is 0 Å². The molecule has 1 amide bonds. The summed E-state index contributed by atoms with van der Waals surface area (Å²) in [6.45, 7) is 5.99. The topological polar surface area (TPSA) is 69.7 Å². The van der Waals surface area contributed by atoms with Gasteiger partial charge in [0, 0.05) is 31.2 Å². The van der Waals surface area contributed by atoms with E-state index in [1.807, 2.05) is 0 Å². The fraction of sp³-hybridized carbons (Fsp3) is 0.500. The highest BCUT2D eigenvalue weighted by Gasteiger charge is 2.27. The Morgan fingerprint density at radius 2 is 1.48 bits per heavy atom. The molecular formula is C26H35N3O3S. The highest BCUT2D eigenvalue weighted by Crippen LogP contribution is 2.24. The molecule has 2 aliphatic heterocycles. The Morgan fingerprint density at radius 1 is 0.879 bits per heavy atom. The van der Waals surface area contributed by atoms with E-state index >= 15 is 0 Å². The number of piperidine rings is 1. The van der Waals surface area contributed by atoms with Gasteiger partial charge in [0.1, 0.15) is 0 Å². The minimum absolute atomic E-state index is 0.0141. The van der Waals surface area contributed by atoms with Gasteiger partial charge in [-0.15, -0.1) is 0 Å². The third-order valence-electron chi connectivity index (χ3n) is 6.81. The van der Waals surface area contributed by atoms with Gasteiger partial charge in [-0.1, -0.05) is 42.7 Å². The van der Waals surface area contributed by atoms with Crippen LogP contribution in [0.25, 0.3) is 0 Å². The number of hydrogen-bond donors (Lipinski definition) is 1. The lowest BCUT2D eigenvalue weighted by atomic mass is 9.95. The third-order valence-corrected chi connectivity index (χ3v) is 8.72. The number of sulfonamides is 1. The molecule has 2 aromatic carbocycles. The van der Waals surface area contributed by atoms with E-state index in [-0.39, 0.29) is 11.8 Å². The molecular weight excluding hydrogens is 434 g/mol. The van der Waals surface area contributed by atoms with Gasteiger partial charge in [0.05, 0.1) is 4.90 Å². The standard InChI is InChI=1S/C26H35N3O3S/c1-21-6-8-22(9-7-21)20-28-18-14-23(15-19-28)26(30)27-24-10-12-25(13-11-24)33(31,32)29-16-4-2-3-5-17-29/h6-13,23H,2-5,14-20H2,1H3,(H,27,30). The number of anilines is 1. The van der Waals surface area contributed by atoms with Gasteiger partial charge >= 0.3 is 0 Å². The number of likely N-dealkylation sites (tertiary alicyclic amines) is 1. The van der Waals surface area contributed by atoms with Crippen LogP contribution < -0.4 is 5.32 Å². The first-order valence-electron chi connectivity index (χ1n) is 12.1. The largest absolute Gasteiger partial charge is 0.326 e. The molecule has 0 radical (unpaired) electrons. The van der Waals surface area contributed by atoms with Gasteiger partial charge in [0.25, 0.3) is 0 Å². The highest BCUT2D eigenvalue weighted by atomic mass is 32.2. The summed E-state index contributed by atoms with van der Waals surface area (Å²) >= 11 is 0. The quantitative estimate of drug-likeness (QED) is 0.680. The van der Waals surface area contributed by atoms with Crippen LogP contribution in [0.5, 0.6) is 0 Å². The van der Waals surface area contributed by atoms with Crippen molar-refractivity contribution in [2.24, 2.45) is 5.92 Å². The van der Waals surface area contributed by atoms with Crippen molar-refractivity contribution >= 4 is 21.6 Å². The van der Waals surface area contributed by atoms with Crippen molar-refractivity contribution in [2.75, 3.05) is 31.5 Å². The molecule has 0 saturated carbocycles. The first-order chi connectivity index (χ1) is 15.9. The Labute approximate surface area is 198 Å². The molecule has 0 spiro atoms. The second-order valence-electron chi connectivity index (χ2n) is 9.37. The number of benzene rings is 2. The van der Waals surface area contributed by atoms with E-state index in [0.717, 1.165) is 58.2 Å². The molecule has 4 rings (SSSR count). The molecule has 2 heterocycles. The second-order valence-corrected chi connectivity index (χ2v) is 11.3. The summed E-state index contributed by atoms with van der Waals surface area (Å²) in [5.41, 5.74) is 3.22. The number of carbonyl (C=O) groups is 1. The fourth-order valence-corrected chi connectivity index (χ4v) is 6.21. The molecule has 0 aliphatic carbocycles. The Bertz CT molecular complexity index is 1020. The molecule has 2 saturated heterocycles. The van der Waals surface area contributed by atoms with Gasteiger partial charge in [-0.05, 0) is 75.5 Å². The second kappa shape index (κ2) is 10.8. The summed E-state index contributed by atoms with van der Waals surface area (Å²) in [6.07, 6.45) is 5.66. The van der Waals surface area contributed by atoms with Crippen LogP contribution in [0.2, 0.25) is 0 Å². The molecule has 1 N–H and O–H groups in total. The fourth-order valence-electron chi connectivity index (χ4n) is 4.69. The van der Waals surface area contributed by atoms with Crippen LogP contribution in [0.3, 0.4) is 0 Å². The number of amides is 1. The van der Waals surface area contributed by atoms with E-state index in [0.29, 0.717) is 23.7 Å². The summed E-state index contributed by atoms with van der Waals surface area (Å²) in [4.78, 5) is 15.5. The Hall–Kier alpha value is -2.22. The summed E-state index contributed by atoms with van der Waals surface area (Å²) in [5.74, 6) is 0.00730. The van der Waals surface area contributed by atoms with Gasteiger partial charge < -0.3 is 5.32 Å². The van der Waals surface area contributed by atoms with Crippen LogP contribution in [-0.4, -0.2) is 49.7 Å². The van der Waals surface area contributed by atoms with E-state index in [4.69, 9.17) is 0 Å². The maximum atomic E-state index is 12.9. The number of hydrogen-bond acceptors (Lipinski definition) is 4. The third kappa shape index (κ3) is 6.22. The van der Waals surface area contributed by atoms with E-state index in [9.17, 15) is 13.2 Å². The lowest BCUT2D eigenvalue weighted by Crippen LogP contribution is -2.37. The van der Waals surface area contributed by atoms with Gasteiger partial charge in [-0.3, -0.25) is 9.69 Å². The minimum Gasteiger partial charge on any atom is -0.326 e. The SMILES string of the molecule is Cc1ccc(CN2CCC(C(=O)Nc3ccc(S(=O)(=O)N4CCCCCC4)cc3)CC2)cc1. The van der Waals surface area contributed by atoms with Crippen molar-refractivity contribution < 1.29 is 13.2 Å². The van der Waals surface area contributed by atoms with E-state index in [1.54, 1.807) is 28.6 Å². The lowest BCUT2D eigenvalue weighted by molar-refractivity contribution is -0.121. The van der Waals surface area contributed by atoms with Crippen LogP contribution in [0.4, 0.5) is 5.69 Å². The van der Waals surface area contributed by atoms with Crippen LogP contribution in [0.1, 0.15) is 49.7 Å². The number of nitrogens with zero attached hydrogens (tertiary/aromatic N) is 2. The van der Waals surface area contributed by atoms with Crippen molar-refractivity contribution in [3.8, 4) is 0 Å². The van der Waals surface area contributed by atoms with Crippen LogP contribution in [-0.2, 0) is 21.4 Å². The maximum absolute atomic E-state index is 12.9. The lowest BCUT2D eigenvalue weighted by Gasteiger charge is -2.31. The van der Waals surface area contributed by atoms with Crippen molar-refractivity contribution in [3.63, 3.8) is 0 Å².